The molecule has 1 aromatic carbocycles. The lowest BCUT2D eigenvalue weighted by Gasteiger charge is -2.09. The SMILES string of the molecule is O=C(CC(F)(F)F)Nc1ccc(F)cc1C#CCCO. The minimum absolute atomic E-state index is 0.00825. The standard InChI is InChI=1S/C13H11F4NO2/c14-10-4-5-11(9(7-10)3-1-2-6-19)18-12(20)8-13(15,16)17/h4-5,7,19H,2,6,8H2,(H,18,20). The highest BCUT2D eigenvalue weighted by atomic mass is 19.4. The molecule has 1 rings (SSSR count). The zero-order chi connectivity index (χ0) is 15.2. The third kappa shape index (κ3) is 5.71. The first-order valence-corrected chi connectivity index (χ1v) is 5.57. The lowest BCUT2D eigenvalue weighted by Crippen LogP contribution is -2.21. The van der Waals surface area contributed by atoms with Crippen LogP contribution in [0.3, 0.4) is 0 Å². The summed E-state index contributed by atoms with van der Waals surface area (Å²) in [6.07, 6.45) is -6.12. The molecule has 1 amide bonds. The summed E-state index contributed by atoms with van der Waals surface area (Å²) in [6.45, 7) is -0.196. The van der Waals surface area contributed by atoms with E-state index in [9.17, 15) is 22.4 Å². The van der Waals surface area contributed by atoms with E-state index in [2.05, 4.69) is 11.8 Å². The molecule has 0 fully saturated rings. The molecule has 0 spiro atoms. The third-order valence-electron chi connectivity index (χ3n) is 2.08. The Morgan fingerprint density at radius 2 is 2.05 bits per heavy atom. The van der Waals surface area contributed by atoms with Crippen molar-refractivity contribution in [1.29, 1.82) is 0 Å². The normalized spacial score (nSPS) is 10.7. The second-order valence-electron chi connectivity index (χ2n) is 3.81. The molecule has 3 nitrogen and oxygen atoms in total. The van der Waals surface area contributed by atoms with Gasteiger partial charge in [0.15, 0.2) is 0 Å². The van der Waals surface area contributed by atoms with Gasteiger partial charge in [-0.3, -0.25) is 4.79 Å². The summed E-state index contributed by atoms with van der Waals surface area (Å²) in [5.74, 6) is 3.09. The van der Waals surface area contributed by atoms with E-state index in [0.29, 0.717) is 0 Å². The predicted octanol–water partition coefficient (Wildman–Crippen LogP) is 2.45. The first-order valence-electron chi connectivity index (χ1n) is 5.57. The van der Waals surface area contributed by atoms with Crippen LogP contribution in [-0.2, 0) is 4.79 Å². The average molecular weight is 289 g/mol. The number of aliphatic hydroxyl groups is 1. The minimum Gasteiger partial charge on any atom is -0.395 e. The average Bonchev–Trinajstić information content (AvgIpc) is 2.30. The van der Waals surface area contributed by atoms with E-state index in [1.165, 1.54) is 0 Å². The third-order valence-corrected chi connectivity index (χ3v) is 2.08. The monoisotopic (exact) mass is 289 g/mol. The quantitative estimate of drug-likeness (QED) is 0.663. The molecule has 0 aliphatic heterocycles. The predicted molar refractivity (Wildman–Crippen MR) is 64.3 cm³/mol. The fourth-order valence-electron chi connectivity index (χ4n) is 1.32. The highest BCUT2D eigenvalue weighted by Gasteiger charge is 2.31. The molecule has 2 N–H and O–H groups in total. The zero-order valence-corrected chi connectivity index (χ0v) is 10.2. The van der Waals surface area contributed by atoms with Crippen molar-refractivity contribution >= 4 is 11.6 Å². The van der Waals surface area contributed by atoms with Crippen LogP contribution in [-0.4, -0.2) is 23.8 Å². The molecule has 0 aliphatic carbocycles. The maximum atomic E-state index is 13.1. The first-order chi connectivity index (χ1) is 9.31. The summed E-state index contributed by atoms with van der Waals surface area (Å²) < 4.78 is 49.2. The molecule has 1 aromatic rings. The summed E-state index contributed by atoms with van der Waals surface area (Å²) in [5.41, 5.74) is 0.0417. The lowest BCUT2D eigenvalue weighted by molar-refractivity contribution is -0.150. The summed E-state index contributed by atoms with van der Waals surface area (Å²) >= 11 is 0. The molecule has 0 heterocycles. The lowest BCUT2D eigenvalue weighted by atomic mass is 10.1. The number of benzene rings is 1. The molecule has 7 heteroatoms. The molecule has 108 valence electrons. The molecular weight excluding hydrogens is 278 g/mol. The molecule has 0 saturated heterocycles. The van der Waals surface area contributed by atoms with Crippen LogP contribution in [0.5, 0.6) is 0 Å². The van der Waals surface area contributed by atoms with Crippen molar-refractivity contribution in [2.75, 3.05) is 11.9 Å². The van der Waals surface area contributed by atoms with Crippen molar-refractivity contribution in [1.82, 2.24) is 0 Å². The van der Waals surface area contributed by atoms with Gasteiger partial charge in [-0.05, 0) is 18.2 Å². The van der Waals surface area contributed by atoms with Crippen molar-refractivity contribution in [3.8, 4) is 11.8 Å². The number of nitrogens with one attached hydrogen (secondary N) is 1. The van der Waals surface area contributed by atoms with Gasteiger partial charge < -0.3 is 10.4 Å². The molecular formula is C13H11F4NO2. The molecule has 0 aromatic heterocycles. The Morgan fingerprint density at radius 3 is 2.65 bits per heavy atom. The Bertz CT molecular complexity index is 544. The van der Waals surface area contributed by atoms with E-state index in [1.54, 1.807) is 0 Å². The highest BCUT2D eigenvalue weighted by molar-refractivity contribution is 5.92. The maximum absolute atomic E-state index is 13.1. The number of carbonyl (C=O) groups is 1. The molecule has 0 unspecified atom stereocenters. The number of alkyl halides is 3. The molecule has 0 bridgehead atoms. The molecule has 0 atom stereocenters. The van der Waals surface area contributed by atoms with Crippen LogP contribution in [0.15, 0.2) is 18.2 Å². The smallest absolute Gasteiger partial charge is 0.395 e. The van der Waals surface area contributed by atoms with E-state index in [1.807, 2.05) is 5.32 Å². The number of anilines is 1. The van der Waals surface area contributed by atoms with Crippen LogP contribution in [0, 0.1) is 17.7 Å². The van der Waals surface area contributed by atoms with Gasteiger partial charge in [0.2, 0.25) is 5.91 Å². The van der Waals surface area contributed by atoms with Gasteiger partial charge in [0.05, 0.1) is 17.9 Å². The fourth-order valence-corrected chi connectivity index (χ4v) is 1.32. The van der Waals surface area contributed by atoms with Crippen LogP contribution in [0.4, 0.5) is 23.2 Å². The number of hydrogen-bond acceptors (Lipinski definition) is 2. The zero-order valence-electron chi connectivity index (χ0n) is 10.2. The Labute approximate surface area is 112 Å². The number of carbonyl (C=O) groups excluding carboxylic acids is 1. The van der Waals surface area contributed by atoms with Crippen LogP contribution < -0.4 is 5.32 Å². The van der Waals surface area contributed by atoms with Crippen molar-refractivity contribution in [3.05, 3.63) is 29.6 Å². The number of halogens is 4. The van der Waals surface area contributed by atoms with Crippen LogP contribution in [0.2, 0.25) is 0 Å². The Balaban J connectivity index is 2.90. The van der Waals surface area contributed by atoms with E-state index in [4.69, 9.17) is 5.11 Å². The van der Waals surface area contributed by atoms with Crippen molar-refractivity contribution in [3.63, 3.8) is 0 Å². The number of amides is 1. The van der Waals surface area contributed by atoms with Gasteiger partial charge in [0, 0.05) is 6.42 Å². The summed E-state index contributed by atoms with van der Waals surface area (Å²) in [5, 5.41) is 10.6. The van der Waals surface area contributed by atoms with Crippen LogP contribution in [0.1, 0.15) is 18.4 Å². The van der Waals surface area contributed by atoms with Crippen LogP contribution in [0.25, 0.3) is 0 Å². The van der Waals surface area contributed by atoms with E-state index in [0.717, 1.165) is 18.2 Å². The second kappa shape index (κ2) is 6.91. The molecule has 20 heavy (non-hydrogen) atoms. The first kappa shape index (κ1) is 16.0. The molecule has 0 saturated carbocycles. The summed E-state index contributed by atoms with van der Waals surface area (Å²) in [7, 11) is 0. The highest BCUT2D eigenvalue weighted by Crippen LogP contribution is 2.22. The second-order valence-corrected chi connectivity index (χ2v) is 3.81. The number of hydrogen-bond donors (Lipinski definition) is 2. The number of rotatable bonds is 3. The van der Waals surface area contributed by atoms with Gasteiger partial charge in [-0.25, -0.2) is 4.39 Å². The van der Waals surface area contributed by atoms with Crippen molar-refractivity contribution in [2.24, 2.45) is 0 Å². The molecule has 0 aliphatic rings. The maximum Gasteiger partial charge on any atom is 0.397 e. The molecule has 0 radical (unpaired) electrons. The Kier molecular flexibility index (Phi) is 5.53. The van der Waals surface area contributed by atoms with Gasteiger partial charge in [0.25, 0.3) is 0 Å². The topological polar surface area (TPSA) is 49.3 Å². The van der Waals surface area contributed by atoms with Gasteiger partial charge in [-0.15, -0.1) is 0 Å². The van der Waals surface area contributed by atoms with Gasteiger partial charge in [0.1, 0.15) is 12.2 Å². The van der Waals surface area contributed by atoms with Gasteiger partial charge in [-0.1, -0.05) is 11.8 Å². The van der Waals surface area contributed by atoms with Gasteiger partial charge in [-0.2, -0.15) is 13.2 Å². The van der Waals surface area contributed by atoms with Crippen molar-refractivity contribution in [2.45, 2.75) is 19.0 Å². The number of aliphatic hydroxyl groups excluding tert-OH is 1. The van der Waals surface area contributed by atoms with Crippen molar-refractivity contribution < 1.29 is 27.5 Å². The van der Waals surface area contributed by atoms with E-state index < -0.39 is 24.3 Å². The van der Waals surface area contributed by atoms with E-state index in [-0.39, 0.29) is 24.3 Å². The Morgan fingerprint density at radius 1 is 1.35 bits per heavy atom. The van der Waals surface area contributed by atoms with Gasteiger partial charge >= 0.3 is 6.18 Å². The fraction of sp³-hybridized carbons (Fsp3) is 0.308. The summed E-state index contributed by atoms with van der Waals surface area (Å²) in [6, 6.07) is 3.13. The minimum atomic E-state index is -4.62. The largest absolute Gasteiger partial charge is 0.397 e. The van der Waals surface area contributed by atoms with Crippen LogP contribution >= 0.6 is 0 Å². The summed E-state index contributed by atoms with van der Waals surface area (Å²) in [4.78, 5) is 11.2. The van der Waals surface area contributed by atoms with E-state index >= 15 is 0 Å². The Hall–Kier alpha value is -2.07.